The van der Waals surface area contributed by atoms with Crippen molar-refractivity contribution in [1.82, 2.24) is 10.3 Å². The van der Waals surface area contributed by atoms with Gasteiger partial charge in [-0.05, 0) is 42.2 Å². The van der Waals surface area contributed by atoms with E-state index in [1.165, 1.54) is 0 Å². The first kappa shape index (κ1) is 18.9. The minimum absolute atomic E-state index is 0.103. The molecule has 1 aromatic heterocycles. The van der Waals surface area contributed by atoms with Gasteiger partial charge in [0, 0.05) is 29.2 Å². The van der Waals surface area contributed by atoms with Crippen molar-refractivity contribution >= 4 is 34.3 Å². The summed E-state index contributed by atoms with van der Waals surface area (Å²) in [6, 6.07) is 15.2. The van der Waals surface area contributed by atoms with Gasteiger partial charge in [0.15, 0.2) is 0 Å². The number of anilines is 1. The molecule has 1 aliphatic heterocycles. The van der Waals surface area contributed by atoms with Crippen LogP contribution in [0.25, 0.3) is 10.9 Å². The van der Waals surface area contributed by atoms with E-state index in [0.717, 1.165) is 22.0 Å². The quantitative estimate of drug-likeness (QED) is 0.584. The zero-order chi connectivity index (χ0) is 20.4. The number of H-pyrrole nitrogens is 1. The summed E-state index contributed by atoms with van der Waals surface area (Å²) < 4.78 is 0. The molecule has 3 amide bonds. The summed E-state index contributed by atoms with van der Waals surface area (Å²) in [7, 11) is 0. The Morgan fingerprint density at radius 2 is 1.86 bits per heavy atom. The Kier molecular flexibility index (Phi) is 4.92. The molecule has 0 radical (unpaired) electrons. The molecule has 0 saturated carbocycles. The second kappa shape index (κ2) is 7.54. The number of benzene rings is 2. The zero-order valence-corrected chi connectivity index (χ0v) is 16.2. The van der Waals surface area contributed by atoms with Crippen LogP contribution in [0, 0.1) is 0 Å². The number of aromatic amines is 1. The fourth-order valence-corrected chi connectivity index (χ4v) is 4.09. The summed E-state index contributed by atoms with van der Waals surface area (Å²) in [4.78, 5) is 39.7. The standard InChI is InChI=1S/C23H23N3O3/c1-2-23(12-11-20(27)26-22(23)29)16-7-9-17(10-8-16)25-21(28)13-15-14-24-19-6-4-3-5-18(15)19/h3-10,14,24H,2,11-13H2,1H3,(H,25,28)(H,26,27,29). The third-order valence-corrected chi connectivity index (χ3v) is 5.82. The monoisotopic (exact) mass is 389 g/mol. The van der Waals surface area contributed by atoms with Crippen LogP contribution in [0.2, 0.25) is 0 Å². The van der Waals surface area contributed by atoms with Crippen LogP contribution in [0.4, 0.5) is 5.69 Å². The van der Waals surface area contributed by atoms with E-state index in [1.807, 2.05) is 61.7 Å². The number of hydrogen-bond acceptors (Lipinski definition) is 3. The van der Waals surface area contributed by atoms with Gasteiger partial charge in [0.05, 0.1) is 11.8 Å². The van der Waals surface area contributed by atoms with Crippen molar-refractivity contribution in [2.24, 2.45) is 0 Å². The van der Waals surface area contributed by atoms with Crippen molar-refractivity contribution < 1.29 is 14.4 Å². The summed E-state index contributed by atoms with van der Waals surface area (Å²) in [6.45, 7) is 1.95. The topological polar surface area (TPSA) is 91.1 Å². The fraction of sp³-hybridized carbons (Fsp3) is 0.261. The number of amides is 3. The number of piperidine rings is 1. The molecule has 1 saturated heterocycles. The number of hydrogen-bond donors (Lipinski definition) is 3. The van der Waals surface area contributed by atoms with E-state index in [2.05, 4.69) is 15.6 Å². The molecule has 2 heterocycles. The SMILES string of the molecule is CCC1(c2ccc(NC(=O)Cc3c[nH]c4ccccc34)cc2)CCC(=O)NC1=O. The average Bonchev–Trinajstić information content (AvgIpc) is 3.12. The normalized spacial score (nSPS) is 19.2. The first-order valence-electron chi connectivity index (χ1n) is 9.81. The number of para-hydroxylation sites is 1. The first-order valence-corrected chi connectivity index (χ1v) is 9.81. The Bertz CT molecular complexity index is 1080. The molecule has 1 fully saturated rings. The molecule has 0 aliphatic carbocycles. The van der Waals surface area contributed by atoms with Crippen LogP contribution in [0.1, 0.15) is 37.3 Å². The smallest absolute Gasteiger partial charge is 0.237 e. The first-order chi connectivity index (χ1) is 14.0. The Morgan fingerprint density at radius 3 is 2.59 bits per heavy atom. The van der Waals surface area contributed by atoms with Crippen molar-refractivity contribution in [3.05, 3.63) is 65.9 Å². The van der Waals surface area contributed by atoms with Gasteiger partial charge in [-0.25, -0.2) is 0 Å². The molecule has 3 N–H and O–H groups in total. The lowest BCUT2D eigenvalue weighted by molar-refractivity contribution is -0.138. The predicted molar refractivity (Wildman–Crippen MR) is 111 cm³/mol. The number of nitrogens with one attached hydrogen (secondary N) is 3. The van der Waals surface area contributed by atoms with Crippen LogP contribution in [0.5, 0.6) is 0 Å². The molecule has 2 aromatic carbocycles. The Hall–Kier alpha value is -3.41. The van der Waals surface area contributed by atoms with Crippen LogP contribution in [-0.2, 0) is 26.2 Å². The highest BCUT2D eigenvalue weighted by Crippen LogP contribution is 2.36. The minimum atomic E-state index is -0.694. The van der Waals surface area contributed by atoms with Crippen molar-refractivity contribution in [1.29, 1.82) is 0 Å². The highest BCUT2D eigenvalue weighted by Gasteiger charge is 2.42. The molecule has 0 spiro atoms. The maximum absolute atomic E-state index is 12.5. The van der Waals surface area contributed by atoms with Crippen LogP contribution in [0.3, 0.4) is 0 Å². The molecule has 1 atom stereocenters. The van der Waals surface area contributed by atoms with E-state index >= 15 is 0 Å². The minimum Gasteiger partial charge on any atom is -0.361 e. The van der Waals surface area contributed by atoms with Gasteiger partial charge in [0.25, 0.3) is 0 Å². The molecule has 6 nitrogen and oxygen atoms in total. The second-order valence-electron chi connectivity index (χ2n) is 7.47. The molecule has 1 unspecified atom stereocenters. The lowest BCUT2D eigenvalue weighted by Crippen LogP contribution is -2.51. The lowest BCUT2D eigenvalue weighted by Gasteiger charge is -2.35. The molecule has 4 rings (SSSR count). The lowest BCUT2D eigenvalue weighted by atomic mass is 9.72. The number of fused-ring (bicyclic) bond motifs is 1. The van der Waals surface area contributed by atoms with Gasteiger partial charge in [-0.2, -0.15) is 0 Å². The van der Waals surface area contributed by atoms with E-state index in [4.69, 9.17) is 0 Å². The van der Waals surface area contributed by atoms with Crippen LogP contribution in [0.15, 0.2) is 54.7 Å². The summed E-state index contributed by atoms with van der Waals surface area (Å²) in [5, 5.41) is 6.41. The molecule has 148 valence electrons. The number of carbonyl (C=O) groups excluding carboxylic acids is 3. The highest BCUT2D eigenvalue weighted by molar-refractivity contribution is 6.03. The Balaban J connectivity index is 1.47. The van der Waals surface area contributed by atoms with Crippen molar-refractivity contribution in [2.75, 3.05) is 5.32 Å². The molecule has 6 heteroatoms. The summed E-state index contributed by atoms with van der Waals surface area (Å²) >= 11 is 0. The van der Waals surface area contributed by atoms with Crippen LogP contribution < -0.4 is 10.6 Å². The van der Waals surface area contributed by atoms with Gasteiger partial charge in [0.2, 0.25) is 17.7 Å². The van der Waals surface area contributed by atoms with Crippen molar-refractivity contribution in [3.8, 4) is 0 Å². The van der Waals surface area contributed by atoms with Crippen molar-refractivity contribution in [3.63, 3.8) is 0 Å². The van der Waals surface area contributed by atoms with Crippen molar-refractivity contribution in [2.45, 2.75) is 38.0 Å². The maximum Gasteiger partial charge on any atom is 0.237 e. The van der Waals surface area contributed by atoms with Gasteiger partial charge in [-0.1, -0.05) is 37.3 Å². The molecule has 1 aliphatic rings. The van der Waals surface area contributed by atoms with Gasteiger partial charge in [-0.3, -0.25) is 19.7 Å². The van der Waals surface area contributed by atoms with Gasteiger partial charge < -0.3 is 10.3 Å². The summed E-state index contributed by atoms with van der Waals surface area (Å²) in [5.74, 6) is -0.568. The van der Waals surface area contributed by atoms with Gasteiger partial charge >= 0.3 is 0 Å². The Morgan fingerprint density at radius 1 is 1.10 bits per heavy atom. The number of aromatic nitrogens is 1. The third kappa shape index (κ3) is 3.53. The Labute approximate surface area is 168 Å². The van der Waals surface area contributed by atoms with Crippen LogP contribution in [-0.4, -0.2) is 22.7 Å². The van der Waals surface area contributed by atoms with E-state index in [0.29, 0.717) is 24.9 Å². The molecule has 0 bridgehead atoms. The average molecular weight is 389 g/mol. The molecule has 29 heavy (non-hydrogen) atoms. The van der Waals surface area contributed by atoms with E-state index in [1.54, 1.807) is 0 Å². The molecule has 3 aromatic rings. The second-order valence-corrected chi connectivity index (χ2v) is 7.47. The summed E-state index contributed by atoms with van der Waals surface area (Å²) in [5.41, 5.74) is 2.80. The third-order valence-electron chi connectivity index (χ3n) is 5.82. The molecular weight excluding hydrogens is 366 g/mol. The van der Waals surface area contributed by atoms with E-state index in [-0.39, 0.29) is 24.1 Å². The van der Waals surface area contributed by atoms with Gasteiger partial charge in [0.1, 0.15) is 0 Å². The van der Waals surface area contributed by atoms with E-state index < -0.39 is 5.41 Å². The number of carbonyl (C=O) groups is 3. The fourth-order valence-electron chi connectivity index (χ4n) is 4.09. The number of rotatable bonds is 5. The molecular formula is C23H23N3O3. The largest absolute Gasteiger partial charge is 0.361 e. The highest BCUT2D eigenvalue weighted by atomic mass is 16.2. The maximum atomic E-state index is 12.5. The summed E-state index contributed by atoms with van der Waals surface area (Å²) in [6.07, 6.45) is 3.58. The van der Waals surface area contributed by atoms with Gasteiger partial charge in [-0.15, -0.1) is 0 Å². The van der Waals surface area contributed by atoms with E-state index in [9.17, 15) is 14.4 Å². The number of imide groups is 1. The predicted octanol–water partition coefficient (Wildman–Crippen LogP) is 3.43. The van der Waals surface area contributed by atoms with Crippen LogP contribution >= 0.6 is 0 Å². The zero-order valence-electron chi connectivity index (χ0n) is 16.2.